The molecule has 0 amide bonds. The fraction of sp³-hybridized carbons (Fsp3) is 0.167. The van der Waals surface area contributed by atoms with E-state index in [2.05, 4.69) is 15.0 Å². The zero-order chi connectivity index (χ0) is 14.7. The smallest absolute Gasteiger partial charge is 0.342 e. The van der Waals surface area contributed by atoms with Crippen LogP contribution in [0.4, 0.5) is 0 Å². The van der Waals surface area contributed by atoms with Crippen LogP contribution in [-0.4, -0.2) is 40.2 Å². The van der Waals surface area contributed by atoms with Crippen molar-refractivity contribution in [1.29, 1.82) is 0 Å². The van der Waals surface area contributed by atoms with Crippen LogP contribution in [0.25, 0.3) is 11.3 Å². The Labute approximate surface area is 113 Å². The highest BCUT2D eigenvalue weighted by molar-refractivity contribution is 5.97. The van der Waals surface area contributed by atoms with Crippen LogP contribution < -0.4 is 15.0 Å². The number of methoxy groups -OCH3 is 2. The molecule has 0 saturated carbocycles. The number of pyridine rings is 1. The summed E-state index contributed by atoms with van der Waals surface area (Å²) in [6.07, 6.45) is 2.68. The maximum absolute atomic E-state index is 11.9. The summed E-state index contributed by atoms with van der Waals surface area (Å²) in [6.45, 7) is 0. The van der Waals surface area contributed by atoms with Gasteiger partial charge >= 0.3 is 5.97 Å². The van der Waals surface area contributed by atoms with Gasteiger partial charge in [0, 0.05) is 6.20 Å². The molecule has 2 rings (SSSR count). The van der Waals surface area contributed by atoms with E-state index in [1.807, 2.05) is 0 Å². The molecule has 0 aliphatic rings. The van der Waals surface area contributed by atoms with Crippen LogP contribution in [0.2, 0.25) is 0 Å². The van der Waals surface area contributed by atoms with Gasteiger partial charge in [0.2, 0.25) is 5.88 Å². The maximum Gasteiger partial charge on any atom is 0.342 e. The topological polar surface area (TPSA) is 114 Å². The summed E-state index contributed by atoms with van der Waals surface area (Å²) >= 11 is 0. The number of nitrogens with one attached hydrogen (secondary N) is 1. The number of hydrogen-bond donors (Lipinski definition) is 2. The molecule has 8 nitrogen and oxygen atoms in total. The van der Waals surface area contributed by atoms with E-state index in [1.54, 1.807) is 0 Å². The van der Waals surface area contributed by atoms with Gasteiger partial charge in [0.25, 0.3) is 5.56 Å². The molecular weight excluding hydrogens is 266 g/mol. The van der Waals surface area contributed by atoms with Crippen molar-refractivity contribution in [3.05, 3.63) is 34.5 Å². The number of carboxylic acid groups (broad SMARTS) is 1. The number of carboxylic acids is 1. The second-order valence-corrected chi connectivity index (χ2v) is 3.67. The van der Waals surface area contributed by atoms with Gasteiger partial charge in [0.1, 0.15) is 11.9 Å². The van der Waals surface area contributed by atoms with E-state index in [-0.39, 0.29) is 22.9 Å². The third-order valence-electron chi connectivity index (χ3n) is 2.60. The van der Waals surface area contributed by atoms with Gasteiger partial charge < -0.3 is 14.6 Å². The van der Waals surface area contributed by atoms with Crippen molar-refractivity contribution in [3.8, 4) is 22.9 Å². The number of H-pyrrole nitrogens is 1. The summed E-state index contributed by atoms with van der Waals surface area (Å²) < 4.78 is 10.1. The average Bonchev–Trinajstić information content (AvgIpc) is 2.46. The molecule has 0 radical (unpaired) electrons. The first kappa shape index (κ1) is 13.5. The monoisotopic (exact) mass is 277 g/mol. The van der Waals surface area contributed by atoms with Crippen molar-refractivity contribution in [1.82, 2.24) is 15.0 Å². The highest BCUT2D eigenvalue weighted by atomic mass is 16.5. The van der Waals surface area contributed by atoms with Crippen molar-refractivity contribution in [3.63, 3.8) is 0 Å². The number of ether oxygens (including phenoxy) is 2. The van der Waals surface area contributed by atoms with E-state index >= 15 is 0 Å². The molecule has 0 fully saturated rings. The number of carbonyl (C=O) groups is 1. The molecule has 2 aromatic heterocycles. The van der Waals surface area contributed by atoms with Crippen LogP contribution in [0.1, 0.15) is 10.4 Å². The van der Waals surface area contributed by atoms with Crippen molar-refractivity contribution < 1.29 is 19.4 Å². The lowest BCUT2D eigenvalue weighted by Crippen LogP contribution is -2.21. The van der Waals surface area contributed by atoms with Gasteiger partial charge in [-0.3, -0.25) is 9.78 Å². The number of rotatable bonds is 4. The first-order valence-electron chi connectivity index (χ1n) is 5.48. The number of hydrogen-bond acceptors (Lipinski definition) is 6. The van der Waals surface area contributed by atoms with Crippen molar-refractivity contribution in [2.24, 2.45) is 0 Å². The van der Waals surface area contributed by atoms with Crippen molar-refractivity contribution in [2.75, 3.05) is 14.2 Å². The Morgan fingerprint density at radius 1 is 1.35 bits per heavy atom. The molecule has 0 unspecified atom stereocenters. The molecule has 0 spiro atoms. The highest BCUT2D eigenvalue weighted by Crippen LogP contribution is 2.36. The molecule has 2 heterocycles. The fourth-order valence-corrected chi connectivity index (χ4v) is 1.79. The van der Waals surface area contributed by atoms with E-state index in [9.17, 15) is 14.7 Å². The summed E-state index contributed by atoms with van der Waals surface area (Å²) in [5.74, 6) is -1.28. The molecule has 2 aromatic rings. The normalized spacial score (nSPS) is 10.1. The number of aromatic amines is 1. The Kier molecular flexibility index (Phi) is 3.65. The van der Waals surface area contributed by atoms with E-state index in [0.29, 0.717) is 0 Å². The third-order valence-corrected chi connectivity index (χ3v) is 2.60. The van der Waals surface area contributed by atoms with Gasteiger partial charge in [-0.15, -0.1) is 0 Å². The first-order chi connectivity index (χ1) is 9.60. The molecule has 0 atom stereocenters. The van der Waals surface area contributed by atoms with Crippen LogP contribution >= 0.6 is 0 Å². The van der Waals surface area contributed by atoms with Gasteiger partial charge in [0.15, 0.2) is 5.75 Å². The van der Waals surface area contributed by atoms with Crippen molar-refractivity contribution in [2.45, 2.75) is 0 Å². The summed E-state index contributed by atoms with van der Waals surface area (Å²) in [6, 6.07) is 1.48. The molecule has 0 bridgehead atoms. The zero-order valence-corrected chi connectivity index (χ0v) is 10.7. The second-order valence-electron chi connectivity index (χ2n) is 3.67. The minimum absolute atomic E-state index is 0.0242. The lowest BCUT2D eigenvalue weighted by atomic mass is 10.1. The number of aromatic carboxylic acids is 1. The van der Waals surface area contributed by atoms with E-state index in [1.165, 1.54) is 32.8 Å². The van der Waals surface area contributed by atoms with Crippen LogP contribution in [0.15, 0.2) is 23.4 Å². The molecule has 8 heteroatoms. The van der Waals surface area contributed by atoms with Gasteiger partial charge in [-0.1, -0.05) is 0 Å². The third kappa shape index (κ3) is 2.18. The van der Waals surface area contributed by atoms with Gasteiger partial charge in [0.05, 0.1) is 25.5 Å². The predicted octanol–water partition coefficient (Wildman–Crippen LogP) is 0.547. The highest BCUT2D eigenvalue weighted by Gasteiger charge is 2.25. The molecule has 0 saturated heterocycles. The molecule has 2 N–H and O–H groups in total. The lowest BCUT2D eigenvalue weighted by molar-refractivity contribution is 0.0695. The summed E-state index contributed by atoms with van der Waals surface area (Å²) in [5.41, 5.74) is -0.980. The van der Waals surface area contributed by atoms with Crippen LogP contribution in [0.5, 0.6) is 11.6 Å². The van der Waals surface area contributed by atoms with Crippen molar-refractivity contribution >= 4 is 5.97 Å². The van der Waals surface area contributed by atoms with E-state index in [4.69, 9.17) is 9.47 Å². The first-order valence-corrected chi connectivity index (χ1v) is 5.48. The van der Waals surface area contributed by atoms with E-state index in [0.717, 1.165) is 0 Å². The Balaban J connectivity index is 2.90. The zero-order valence-electron chi connectivity index (χ0n) is 10.7. The molecule has 0 aromatic carbocycles. The van der Waals surface area contributed by atoms with E-state index < -0.39 is 17.1 Å². The van der Waals surface area contributed by atoms with Crippen LogP contribution in [0.3, 0.4) is 0 Å². The summed E-state index contributed by atoms with van der Waals surface area (Å²) in [4.78, 5) is 33.2. The maximum atomic E-state index is 11.9. The summed E-state index contributed by atoms with van der Waals surface area (Å²) in [7, 11) is 2.67. The molecule has 20 heavy (non-hydrogen) atoms. The molecule has 104 valence electrons. The minimum Gasteiger partial charge on any atom is -0.491 e. The quantitative estimate of drug-likeness (QED) is 0.838. The lowest BCUT2D eigenvalue weighted by Gasteiger charge is -2.13. The number of aromatic nitrogens is 3. The van der Waals surface area contributed by atoms with Crippen LogP contribution in [0, 0.1) is 0 Å². The van der Waals surface area contributed by atoms with Gasteiger partial charge in [-0.2, -0.15) is 0 Å². The molecule has 0 aliphatic heterocycles. The largest absolute Gasteiger partial charge is 0.491 e. The Morgan fingerprint density at radius 3 is 2.60 bits per heavy atom. The fourth-order valence-electron chi connectivity index (χ4n) is 1.79. The molecule has 0 aliphatic carbocycles. The summed E-state index contributed by atoms with van der Waals surface area (Å²) in [5, 5.41) is 9.23. The van der Waals surface area contributed by atoms with Crippen LogP contribution in [-0.2, 0) is 0 Å². The second kappa shape index (κ2) is 5.39. The number of nitrogens with zero attached hydrogens (tertiary/aromatic N) is 2. The predicted molar refractivity (Wildman–Crippen MR) is 68.2 cm³/mol. The standard InChI is InChI=1S/C12H11N3O5/c1-19-9-7(6-3-4-13-5-14-6)8(12(17)18)10(16)15-11(9)20-2/h3-5H,1-2H3,(H,15,16)(H,17,18). The SMILES string of the molecule is COc1[nH]c(=O)c(C(=O)O)c(-c2ccncn2)c1OC. The van der Waals surface area contributed by atoms with Gasteiger partial charge in [-0.05, 0) is 6.07 Å². The average molecular weight is 277 g/mol. The Morgan fingerprint density at radius 2 is 2.10 bits per heavy atom. The Hall–Kier alpha value is -2.90. The Bertz CT molecular complexity index is 696. The molecular formula is C12H11N3O5. The van der Waals surface area contributed by atoms with Gasteiger partial charge in [-0.25, -0.2) is 14.8 Å². The minimum atomic E-state index is -1.39.